The Morgan fingerprint density at radius 2 is 2.44 bits per heavy atom. The first-order chi connectivity index (χ1) is 4.20. The molecule has 0 aliphatic carbocycles. The monoisotopic (exact) mass is 130 g/mol. The molecule has 1 rings (SSSR count). The van der Waals surface area contributed by atoms with E-state index in [1.165, 1.54) is 0 Å². The van der Waals surface area contributed by atoms with Gasteiger partial charge in [0.25, 0.3) is 0 Å². The summed E-state index contributed by atoms with van der Waals surface area (Å²) < 4.78 is 0. The molecule has 1 heterocycles. The van der Waals surface area contributed by atoms with Crippen LogP contribution in [0.3, 0.4) is 0 Å². The lowest BCUT2D eigenvalue weighted by atomic mass is 10.1. The Balaban J connectivity index is 2.44. The third-order valence-electron chi connectivity index (χ3n) is 1.37. The number of β-amino-alcohol motifs (C(OH)–C–C–N with tert-alkyl or cyclic N) is 1. The zero-order chi connectivity index (χ0) is 6.85. The van der Waals surface area contributed by atoms with Crippen LogP contribution in [0.15, 0.2) is 0 Å². The number of aliphatic hydroxyl groups is 1. The Labute approximate surface area is 53.0 Å². The predicted molar refractivity (Wildman–Crippen MR) is 31.6 cm³/mol. The number of nitrogens with one attached hydrogen (secondary N) is 1. The summed E-state index contributed by atoms with van der Waals surface area (Å²) in [6.07, 6.45) is -0.0797. The minimum absolute atomic E-state index is 0.166. The van der Waals surface area contributed by atoms with Gasteiger partial charge in [0.1, 0.15) is 0 Å². The molecule has 52 valence electrons. The van der Waals surface area contributed by atoms with Gasteiger partial charge in [-0.3, -0.25) is 4.79 Å². The van der Waals surface area contributed by atoms with Gasteiger partial charge in [0.15, 0.2) is 0 Å². The van der Waals surface area contributed by atoms with E-state index in [0.717, 1.165) is 0 Å². The highest BCUT2D eigenvalue weighted by atomic mass is 16.3. The molecule has 2 atom stereocenters. The summed E-state index contributed by atoms with van der Waals surface area (Å²) in [4.78, 5) is 10.6. The largest absolute Gasteiger partial charge is 0.391 e. The van der Waals surface area contributed by atoms with Gasteiger partial charge in [-0.25, -0.2) is 0 Å². The molecule has 1 aliphatic heterocycles. The molecule has 0 saturated carbocycles. The summed E-state index contributed by atoms with van der Waals surface area (Å²) in [6.45, 7) is 0.340. The van der Waals surface area contributed by atoms with E-state index in [1.807, 2.05) is 0 Å². The molecule has 0 radical (unpaired) electrons. The fourth-order valence-corrected chi connectivity index (χ4v) is 0.833. The maximum absolute atomic E-state index is 10.6. The first kappa shape index (κ1) is 6.51. The Kier molecular flexibility index (Phi) is 1.68. The van der Waals surface area contributed by atoms with Crippen molar-refractivity contribution in [2.45, 2.75) is 18.6 Å². The van der Waals surface area contributed by atoms with Gasteiger partial charge in [-0.2, -0.15) is 0 Å². The molecular weight excluding hydrogens is 120 g/mol. The van der Waals surface area contributed by atoms with Crippen molar-refractivity contribution in [2.24, 2.45) is 5.73 Å². The molecule has 0 aromatic carbocycles. The van der Waals surface area contributed by atoms with Gasteiger partial charge in [-0.05, 0) is 6.42 Å². The van der Waals surface area contributed by atoms with Crippen molar-refractivity contribution in [3.8, 4) is 0 Å². The lowest BCUT2D eigenvalue weighted by molar-refractivity contribution is -0.125. The zero-order valence-corrected chi connectivity index (χ0v) is 5.00. The average Bonchev–Trinajstić information content (AvgIpc) is 1.80. The first-order valence-corrected chi connectivity index (χ1v) is 2.91. The summed E-state index contributed by atoms with van der Waals surface area (Å²) >= 11 is 0. The lowest BCUT2D eigenvalue weighted by Crippen LogP contribution is -2.51. The highest BCUT2D eigenvalue weighted by Gasteiger charge is 2.23. The van der Waals surface area contributed by atoms with Crippen molar-refractivity contribution >= 4 is 5.91 Å². The van der Waals surface area contributed by atoms with Crippen LogP contribution in [0.25, 0.3) is 0 Å². The maximum atomic E-state index is 10.6. The Hall–Kier alpha value is -0.610. The summed E-state index contributed by atoms with van der Waals surface area (Å²) in [7, 11) is 0. The minimum Gasteiger partial charge on any atom is -0.391 e. The molecule has 1 saturated heterocycles. The van der Waals surface area contributed by atoms with Gasteiger partial charge in [0.05, 0.1) is 12.1 Å². The van der Waals surface area contributed by atoms with E-state index in [1.54, 1.807) is 0 Å². The van der Waals surface area contributed by atoms with Crippen LogP contribution in [0.5, 0.6) is 0 Å². The van der Waals surface area contributed by atoms with Crippen LogP contribution in [0.1, 0.15) is 6.42 Å². The summed E-state index contributed by atoms with van der Waals surface area (Å²) in [6, 6.07) is -0.520. The van der Waals surface area contributed by atoms with Gasteiger partial charge in [0, 0.05) is 6.54 Å². The number of aliphatic hydroxyl groups excluding tert-OH is 1. The summed E-state index contributed by atoms with van der Waals surface area (Å²) in [5, 5.41) is 11.4. The second-order valence-corrected chi connectivity index (χ2v) is 2.24. The van der Waals surface area contributed by atoms with Gasteiger partial charge in [-0.15, -0.1) is 0 Å². The van der Waals surface area contributed by atoms with E-state index in [2.05, 4.69) is 5.32 Å². The molecule has 0 aromatic heterocycles. The van der Waals surface area contributed by atoms with E-state index in [4.69, 9.17) is 10.8 Å². The Morgan fingerprint density at radius 3 is 2.89 bits per heavy atom. The molecule has 0 unspecified atom stereocenters. The molecule has 4 heteroatoms. The van der Waals surface area contributed by atoms with Crippen LogP contribution < -0.4 is 11.1 Å². The van der Waals surface area contributed by atoms with Gasteiger partial charge >= 0.3 is 0 Å². The zero-order valence-electron chi connectivity index (χ0n) is 5.00. The number of piperidine rings is 1. The number of carbonyl (C=O) groups excluding carboxylic acids is 1. The standard InChI is InChI=1S/C5H10N2O2/c6-4-1-3(8)2-7-5(4)9/h3-4,8H,1-2,6H2,(H,7,9)/t3-,4+/m0/s1. The van der Waals surface area contributed by atoms with E-state index in [-0.39, 0.29) is 5.91 Å². The normalized spacial score (nSPS) is 36.0. The highest BCUT2D eigenvalue weighted by Crippen LogP contribution is 2.00. The topological polar surface area (TPSA) is 75.3 Å². The van der Waals surface area contributed by atoms with Crippen molar-refractivity contribution in [3.63, 3.8) is 0 Å². The van der Waals surface area contributed by atoms with Crippen molar-refractivity contribution < 1.29 is 9.90 Å². The molecular formula is C5H10N2O2. The third kappa shape index (κ3) is 1.40. The number of rotatable bonds is 0. The van der Waals surface area contributed by atoms with E-state index < -0.39 is 12.1 Å². The quantitative estimate of drug-likeness (QED) is 0.362. The van der Waals surface area contributed by atoms with Gasteiger partial charge < -0.3 is 16.2 Å². The van der Waals surface area contributed by atoms with Crippen LogP contribution in [-0.2, 0) is 4.79 Å². The van der Waals surface area contributed by atoms with Crippen LogP contribution in [0.2, 0.25) is 0 Å². The van der Waals surface area contributed by atoms with Crippen molar-refractivity contribution in [3.05, 3.63) is 0 Å². The number of carbonyl (C=O) groups is 1. The fraction of sp³-hybridized carbons (Fsp3) is 0.800. The molecule has 0 aromatic rings. The highest BCUT2D eigenvalue weighted by molar-refractivity contribution is 5.82. The molecule has 0 spiro atoms. The first-order valence-electron chi connectivity index (χ1n) is 2.91. The number of hydrogen-bond donors (Lipinski definition) is 3. The summed E-state index contributed by atoms with van der Waals surface area (Å²) in [5.41, 5.74) is 5.30. The number of amides is 1. The van der Waals surface area contributed by atoms with Gasteiger partial charge in [-0.1, -0.05) is 0 Å². The lowest BCUT2D eigenvalue weighted by Gasteiger charge is -2.22. The van der Waals surface area contributed by atoms with Crippen LogP contribution in [-0.4, -0.2) is 29.7 Å². The van der Waals surface area contributed by atoms with E-state index in [9.17, 15) is 4.79 Å². The summed E-state index contributed by atoms with van der Waals surface area (Å²) in [5.74, 6) is -0.166. The van der Waals surface area contributed by atoms with Crippen molar-refractivity contribution in [2.75, 3.05) is 6.54 Å². The fourth-order valence-electron chi connectivity index (χ4n) is 0.833. The SMILES string of the molecule is N[C@@H]1C[C@H](O)CNC1=O. The van der Waals surface area contributed by atoms with Gasteiger partial charge in [0.2, 0.25) is 5.91 Å². The molecule has 1 aliphatic rings. The predicted octanol–water partition coefficient (Wildman–Crippen LogP) is -1.81. The smallest absolute Gasteiger partial charge is 0.237 e. The molecule has 9 heavy (non-hydrogen) atoms. The van der Waals surface area contributed by atoms with Crippen molar-refractivity contribution in [1.29, 1.82) is 0 Å². The molecule has 1 fully saturated rings. The minimum atomic E-state index is -0.520. The number of nitrogens with two attached hydrogens (primary N) is 1. The molecule has 4 nitrogen and oxygen atoms in total. The van der Waals surface area contributed by atoms with Crippen LogP contribution in [0, 0.1) is 0 Å². The second kappa shape index (κ2) is 2.33. The van der Waals surface area contributed by atoms with Crippen LogP contribution in [0.4, 0.5) is 0 Å². The number of hydrogen-bond acceptors (Lipinski definition) is 3. The van der Waals surface area contributed by atoms with E-state index in [0.29, 0.717) is 13.0 Å². The Bertz CT molecular complexity index is 126. The molecule has 4 N–H and O–H groups in total. The van der Waals surface area contributed by atoms with Crippen molar-refractivity contribution in [1.82, 2.24) is 5.32 Å². The molecule has 0 bridgehead atoms. The average molecular weight is 130 g/mol. The van der Waals surface area contributed by atoms with Crippen LogP contribution >= 0.6 is 0 Å². The van der Waals surface area contributed by atoms with E-state index >= 15 is 0 Å². The maximum Gasteiger partial charge on any atom is 0.237 e. The Morgan fingerprint density at radius 1 is 1.78 bits per heavy atom. The molecule has 1 amide bonds. The second-order valence-electron chi connectivity index (χ2n) is 2.24. The third-order valence-corrected chi connectivity index (χ3v) is 1.37.